The summed E-state index contributed by atoms with van der Waals surface area (Å²) in [5.74, 6) is 0.797. The minimum Gasteiger partial charge on any atom is -0.444 e. The first-order valence-electron chi connectivity index (χ1n) is 6.02. The second kappa shape index (κ2) is 4.29. The summed E-state index contributed by atoms with van der Waals surface area (Å²) in [5, 5.41) is 0. The number of oxazole rings is 1. The Hall–Kier alpha value is -2.10. The molecule has 0 radical (unpaired) electrons. The Labute approximate surface area is 105 Å². The first kappa shape index (κ1) is 11.0. The van der Waals surface area contributed by atoms with E-state index in [0.717, 1.165) is 18.4 Å². The molecule has 0 bridgehead atoms. The number of nitrogens with zero attached hydrogens (tertiary/aromatic N) is 2. The molecule has 0 aliphatic heterocycles. The number of benzene rings is 1. The van der Waals surface area contributed by atoms with Gasteiger partial charge in [-0.3, -0.25) is 4.79 Å². The number of carbonyl (C=O) groups excluding carboxylic acids is 1. The maximum Gasteiger partial charge on any atom is 0.253 e. The van der Waals surface area contributed by atoms with E-state index in [1.165, 1.54) is 6.39 Å². The van der Waals surface area contributed by atoms with Crippen molar-refractivity contribution in [2.24, 2.45) is 0 Å². The molecule has 4 nitrogen and oxygen atoms in total. The number of carbonyl (C=O) groups is 1. The largest absolute Gasteiger partial charge is 0.444 e. The van der Waals surface area contributed by atoms with E-state index in [9.17, 15) is 4.79 Å². The van der Waals surface area contributed by atoms with Crippen LogP contribution in [0.5, 0.6) is 0 Å². The topological polar surface area (TPSA) is 46.3 Å². The van der Waals surface area contributed by atoms with Gasteiger partial charge in [0.2, 0.25) is 0 Å². The fourth-order valence-electron chi connectivity index (χ4n) is 1.97. The van der Waals surface area contributed by atoms with Crippen LogP contribution in [0.2, 0.25) is 0 Å². The van der Waals surface area contributed by atoms with E-state index in [2.05, 4.69) is 4.98 Å². The highest BCUT2D eigenvalue weighted by atomic mass is 16.3. The average molecular weight is 242 g/mol. The van der Waals surface area contributed by atoms with E-state index in [-0.39, 0.29) is 5.91 Å². The molecule has 1 heterocycles. The monoisotopic (exact) mass is 242 g/mol. The van der Waals surface area contributed by atoms with Crippen LogP contribution in [0.3, 0.4) is 0 Å². The van der Waals surface area contributed by atoms with Gasteiger partial charge in [-0.05, 0) is 25.0 Å². The van der Waals surface area contributed by atoms with Crippen molar-refractivity contribution < 1.29 is 9.21 Å². The highest BCUT2D eigenvalue weighted by Crippen LogP contribution is 2.27. The molecule has 1 saturated carbocycles. The molecule has 18 heavy (non-hydrogen) atoms. The third-order valence-corrected chi connectivity index (χ3v) is 3.26. The van der Waals surface area contributed by atoms with E-state index >= 15 is 0 Å². The SMILES string of the molecule is CN(C(=O)c1ccc(-c2cnco2)cc1)C1CC1. The van der Waals surface area contributed by atoms with Gasteiger partial charge < -0.3 is 9.32 Å². The van der Waals surface area contributed by atoms with Crippen LogP contribution in [-0.2, 0) is 0 Å². The lowest BCUT2D eigenvalue weighted by Gasteiger charge is -2.16. The predicted octanol–water partition coefficient (Wildman–Crippen LogP) is 2.58. The van der Waals surface area contributed by atoms with Gasteiger partial charge in [0, 0.05) is 24.2 Å². The molecule has 1 aliphatic carbocycles. The lowest BCUT2D eigenvalue weighted by atomic mass is 10.1. The molecule has 0 atom stereocenters. The lowest BCUT2D eigenvalue weighted by molar-refractivity contribution is 0.0785. The zero-order valence-electron chi connectivity index (χ0n) is 10.2. The predicted molar refractivity (Wildman–Crippen MR) is 67.1 cm³/mol. The highest BCUT2D eigenvalue weighted by molar-refractivity contribution is 5.94. The van der Waals surface area contributed by atoms with Crippen molar-refractivity contribution in [3.05, 3.63) is 42.4 Å². The van der Waals surface area contributed by atoms with Crippen molar-refractivity contribution >= 4 is 5.91 Å². The summed E-state index contributed by atoms with van der Waals surface area (Å²) < 4.78 is 5.21. The smallest absolute Gasteiger partial charge is 0.253 e. The second-order valence-corrected chi connectivity index (χ2v) is 4.59. The molecule has 3 rings (SSSR count). The van der Waals surface area contributed by atoms with Gasteiger partial charge in [-0.1, -0.05) is 12.1 Å². The van der Waals surface area contributed by atoms with Gasteiger partial charge in [0.1, 0.15) is 0 Å². The van der Waals surface area contributed by atoms with Gasteiger partial charge in [0.15, 0.2) is 12.2 Å². The Morgan fingerprint density at radius 1 is 1.33 bits per heavy atom. The molecule has 0 saturated heterocycles. The zero-order valence-corrected chi connectivity index (χ0v) is 10.2. The normalized spacial score (nSPS) is 14.5. The van der Waals surface area contributed by atoms with E-state index < -0.39 is 0 Å². The summed E-state index contributed by atoms with van der Waals surface area (Å²) in [6, 6.07) is 7.87. The van der Waals surface area contributed by atoms with E-state index in [0.29, 0.717) is 17.4 Å². The molecule has 0 spiro atoms. The third-order valence-electron chi connectivity index (χ3n) is 3.26. The first-order chi connectivity index (χ1) is 8.75. The molecule has 4 heteroatoms. The molecular weight excluding hydrogens is 228 g/mol. The van der Waals surface area contributed by atoms with Crippen molar-refractivity contribution in [2.75, 3.05) is 7.05 Å². The number of rotatable bonds is 3. The molecule has 0 unspecified atom stereocenters. The third kappa shape index (κ3) is 2.01. The first-order valence-corrected chi connectivity index (χ1v) is 6.02. The van der Waals surface area contributed by atoms with Crippen LogP contribution in [0.15, 0.2) is 41.3 Å². The van der Waals surface area contributed by atoms with Gasteiger partial charge in [0.05, 0.1) is 6.20 Å². The van der Waals surface area contributed by atoms with E-state index in [4.69, 9.17) is 4.42 Å². The van der Waals surface area contributed by atoms with Crippen LogP contribution in [0.25, 0.3) is 11.3 Å². The van der Waals surface area contributed by atoms with Crippen molar-refractivity contribution in [3.63, 3.8) is 0 Å². The molecule has 2 aromatic rings. The molecule has 1 aromatic heterocycles. The maximum absolute atomic E-state index is 12.1. The number of aromatic nitrogens is 1. The van der Waals surface area contributed by atoms with Crippen molar-refractivity contribution in [1.82, 2.24) is 9.88 Å². The van der Waals surface area contributed by atoms with Gasteiger partial charge in [-0.25, -0.2) is 4.98 Å². The summed E-state index contributed by atoms with van der Waals surface area (Å²) in [5.41, 5.74) is 1.64. The second-order valence-electron chi connectivity index (χ2n) is 4.59. The van der Waals surface area contributed by atoms with Crippen LogP contribution in [0, 0.1) is 0 Å². The fourth-order valence-corrected chi connectivity index (χ4v) is 1.97. The van der Waals surface area contributed by atoms with Crippen molar-refractivity contribution in [1.29, 1.82) is 0 Å². The van der Waals surface area contributed by atoms with Crippen LogP contribution < -0.4 is 0 Å². The highest BCUT2D eigenvalue weighted by Gasteiger charge is 2.29. The molecule has 1 amide bonds. The van der Waals surface area contributed by atoms with Crippen LogP contribution in [0.1, 0.15) is 23.2 Å². The number of hydrogen-bond acceptors (Lipinski definition) is 3. The maximum atomic E-state index is 12.1. The Morgan fingerprint density at radius 2 is 2.06 bits per heavy atom. The van der Waals surface area contributed by atoms with Crippen molar-refractivity contribution in [3.8, 4) is 11.3 Å². The number of amides is 1. The van der Waals surface area contributed by atoms with Crippen molar-refractivity contribution in [2.45, 2.75) is 18.9 Å². The number of hydrogen-bond donors (Lipinski definition) is 0. The van der Waals surface area contributed by atoms with Gasteiger partial charge >= 0.3 is 0 Å². The van der Waals surface area contributed by atoms with Crippen LogP contribution in [-0.4, -0.2) is 28.9 Å². The minimum atomic E-state index is 0.0848. The lowest BCUT2D eigenvalue weighted by Crippen LogP contribution is -2.28. The molecule has 92 valence electrons. The Kier molecular flexibility index (Phi) is 2.63. The average Bonchev–Trinajstić information content (AvgIpc) is 3.12. The summed E-state index contributed by atoms with van der Waals surface area (Å²) >= 11 is 0. The molecular formula is C14H14N2O2. The molecule has 1 aliphatic rings. The van der Waals surface area contributed by atoms with E-state index in [1.54, 1.807) is 6.20 Å². The van der Waals surface area contributed by atoms with Crippen LogP contribution >= 0.6 is 0 Å². The van der Waals surface area contributed by atoms with E-state index in [1.807, 2.05) is 36.2 Å². The quantitative estimate of drug-likeness (QED) is 0.831. The summed E-state index contributed by atoms with van der Waals surface area (Å²) in [7, 11) is 1.87. The molecule has 1 aromatic carbocycles. The van der Waals surface area contributed by atoms with Gasteiger partial charge in [-0.2, -0.15) is 0 Å². The zero-order chi connectivity index (χ0) is 12.5. The summed E-state index contributed by atoms with van der Waals surface area (Å²) in [6.45, 7) is 0. The summed E-state index contributed by atoms with van der Waals surface area (Å²) in [4.78, 5) is 17.8. The van der Waals surface area contributed by atoms with Crippen LogP contribution in [0.4, 0.5) is 0 Å². The molecule has 0 N–H and O–H groups in total. The fraction of sp³-hybridized carbons (Fsp3) is 0.286. The minimum absolute atomic E-state index is 0.0848. The molecule has 1 fully saturated rings. The standard InChI is InChI=1S/C14H14N2O2/c1-16(12-6-7-12)14(17)11-4-2-10(3-5-11)13-8-15-9-18-13/h2-5,8-9,12H,6-7H2,1H3. The Bertz CT molecular complexity index is 542. The Morgan fingerprint density at radius 3 is 2.61 bits per heavy atom. The van der Waals surface area contributed by atoms with Gasteiger partial charge in [-0.15, -0.1) is 0 Å². The Balaban J connectivity index is 1.80. The summed E-state index contributed by atoms with van der Waals surface area (Å²) in [6.07, 6.45) is 5.30. The van der Waals surface area contributed by atoms with Gasteiger partial charge in [0.25, 0.3) is 5.91 Å².